The topological polar surface area (TPSA) is 36.4 Å². The van der Waals surface area contributed by atoms with Crippen molar-refractivity contribution in [1.29, 1.82) is 0 Å². The minimum atomic E-state index is -4.97. The van der Waals surface area contributed by atoms with E-state index >= 15 is 0 Å². The monoisotopic (exact) mass is 535 g/mol. The van der Waals surface area contributed by atoms with Crippen LogP contribution in [-0.4, -0.2) is 35.9 Å². The van der Waals surface area contributed by atoms with Gasteiger partial charge < -0.3 is 9.80 Å². The standard InChI is InChI=1S/C28H27F6N3O/c1-18-8-4-5-9-22(18)23-15-25(37-10-6-3-7-11-37)35-16-24(23)26(38)36(2)17-19-12-20(27(29,30)31)14-21(13-19)28(32,33)34/h4-5,8-9,12-16H,3,6-7,10-11,17H2,1-2H3. The quantitative estimate of drug-likeness (QED) is 0.321. The second kappa shape index (κ2) is 10.7. The van der Waals surface area contributed by atoms with Gasteiger partial charge in [0, 0.05) is 32.9 Å². The molecule has 0 spiro atoms. The molecule has 0 bridgehead atoms. The van der Waals surface area contributed by atoms with Crippen LogP contribution in [0.15, 0.2) is 54.7 Å². The number of aryl methyl sites for hydroxylation is 1. The van der Waals surface area contributed by atoms with E-state index < -0.39 is 35.9 Å². The number of anilines is 1. The van der Waals surface area contributed by atoms with Gasteiger partial charge in [-0.2, -0.15) is 26.3 Å². The maximum absolute atomic E-state index is 13.5. The molecule has 0 saturated carbocycles. The van der Waals surface area contributed by atoms with Gasteiger partial charge in [0.15, 0.2) is 0 Å². The Balaban J connectivity index is 1.71. The Morgan fingerprint density at radius 1 is 0.895 bits per heavy atom. The van der Waals surface area contributed by atoms with E-state index in [9.17, 15) is 31.1 Å². The molecule has 1 amide bonds. The van der Waals surface area contributed by atoms with Gasteiger partial charge >= 0.3 is 12.4 Å². The maximum atomic E-state index is 13.5. The summed E-state index contributed by atoms with van der Waals surface area (Å²) in [5, 5.41) is 0. The van der Waals surface area contributed by atoms with Crippen molar-refractivity contribution < 1.29 is 31.1 Å². The second-order valence-corrected chi connectivity index (χ2v) is 9.53. The third kappa shape index (κ3) is 6.11. The molecule has 4 nitrogen and oxygen atoms in total. The molecule has 3 aromatic rings. The van der Waals surface area contributed by atoms with E-state index in [4.69, 9.17) is 0 Å². The van der Waals surface area contributed by atoms with Crippen LogP contribution in [0.1, 0.15) is 51.9 Å². The summed E-state index contributed by atoms with van der Waals surface area (Å²) in [6.07, 6.45) is -5.30. The van der Waals surface area contributed by atoms with Gasteiger partial charge in [-0.25, -0.2) is 4.98 Å². The van der Waals surface area contributed by atoms with Gasteiger partial charge in [-0.1, -0.05) is 24.3 Å². The number of halogens is 6. The van der Waals surface area contributed by atoms with Gasteiger partial charge in [0.1, 0.15) is 5.82 Å². The zero-order valence-corrected chi connectivity index (χ0v) is 21.0. The number of hydrogen-bond acceptors (Lipinski definition) is 3. The minimum absolute atomic E-state index is 0.0743. The van der Waals surface area contributed by atoms with E-state index in [1.54, 1.807) is 0 Å². The Labute approximate surface area is 216 Å². The van der Waals surface area contributed by atoms with E-state index in [1.165, 1.54) is 13.2 Å². The smallest absolute Gasteiger partial charge is 0.357 e. The van der Waals surface area contributed by atoms with Gasteiger partial charge in [0.05, 0.1) is 16.7 Å². The lowest BCUT2D eigenvalue weighted by Crippen LogP contribution is -2.31. The lowest BCUT2D eigenvalue weighted by Gasteiger charge is -2.29. The first-order chi connectivity index (χ1) is 17.8. The predicted octanol–water partition coefficient (Wildman–Crippen LogP) is 7.36. The minimum Gasteiger partial charge on any atom is -0.357 e. The number of benzene rings is 2. The first kappa shape index (κ1) is 27.5. The number of nitrogens with zero attached hydrogens (tertiary/aromatic N) is 3. The van der Waals surface area contributed by atoms with E-state index in [-0.39, 0.29) is 17.2 Å². The van der Waals surface area contributed by atoms with E-state index in [0.29, 0.717) is 17.7 Å². The maximum Gasteiger partial charge on any atom is 0.416 e. The molecule has 1 aromatic heterocycles. The van der Waals surface area contributed by atoms with Gasteiger partial charge in [0.2, 0.25) is 0 Å². The third-order valence-electron chi connectivity index (χ3n) is 6.65. The van der Waals surface area contributed by atoms with Crippen molar-refractivity contribution in [1.82, 2.24) is 9.88 Å². The lowest BCUT2D eigenvalue weighted by molar-refractivity contribution is -0.143. The van der Waals surface area contributed by atoms with Crippen LogP contribution in [0, 0.1) is 6.92 Å². The van der Waals surface area contributed by atoms with Gasteiger partial charge in [-0.3, -0.25) is 4.79 Å². The molecule has 202 valence electrons. The Bertz CT molecular complexity index is 1280. The lowest BCUT2D eigenvalue weighted by atomic mass is 9.96. The summed E-state index contributed by atoms with van der Waals surface area (Å²) in [6.45, 7) is 3.12. The molecule has 1 aliphatic rings. The molecule has 0 aliphatic carbocycles. The number of carbonyl (C=O) groups excluding carboxylic acids is 1. The van der Waals surface area contributed by atoms with Crippen molar-refractivity contribution in [2.75, 3.05) is 25.0 Å². The van der Waals surface area contributed by atoms with Crippen LogP contribution >= 0.6 is 0 Å². The average molecular weight is 536 g/mol. The first-order valence-electron chi connectivity index (χ1n) is 12.2. The van der Waals surface area contributed by atoms with E-state index in [2.05, 4.69) is 9.88 Å². The zero-order valence-electron chi connectivity index (χ0n) is 21.0. The highest BCUT2D eigenvalue weighted by Gasteiger charge is 2.37. The van der Waals surface area contributed by atoms with Crippen LogP contribution in [0.3, 0.4) is 0 Å². The first-order valence-corrected chi connectivity index (χ1v) is 12.2. The number of amides is 1. The fourth-order valence-corrected chi connectivity index (χ4v) is 4.67. The highest BCUT2D eigenvalue weighted by atomic mass is 19.4. The van der Waals surface area contributed by atoms with Crippen LogP contribution in [-0.2, 0) is 18.9 Å². The Kier molecular flexibility index (Phi) is 7.71. The highest BCUT2D eigenvalue weighted by Crippen LogP contribution is 2.37. The molecule has 2 aromatic carbocycles. The van der Waals surface area contributed by atoms with Crippen LogP contribution in [0.5, 0.6) is 0 Å². The summed E-state index contributed by atoms with van der Waals surface area (Å²) in [5.41, 5.74) is -0.594. The Morgan fingerprint density at radius 3 is 2.08 bits per heavy atom. The normalized spacial score (nSPS) is 14.5. The molecule has 1 saturated heterocycles. The van der Waals surface area contributed by atoms with Crippen molar-refractivity contribution in [3.63, 3.8) is 0 Å². The third-order valence-corrected chi connectivity index (χ3v) is 6.65. The SMILES string of the molecule is Cc1ccccc1-c1cc(N2CCCCC2)ncc1C(=O)N(C)Cc1cc(C(F)(F)F)cc(C(F)(F)F)c1. The molecular weight excluding hydrogens is 508 g/mol. The van der Waals surface area contributed by atoms with Crippen molar-refractivity contribution in [3.05, 3.63) is 82.5 Å². The largest absolute Gasteiger partial charge is 0.416 e. The number of hydrogen-bond donors (Lipinski definition) is 0. The molecule has 1 fully saturated rings. The van der Waals surface area contributed by atoms with Crippen LogP contribution < -0.4 is 4.90 Å². The van der Waals surface area contributed by atoms with Crippen molar-refractivity contribution >= 4 is 11.7 Å². The Hall–Kier alpha value is -3.56. The molecule has 0 N–H and O–H groups in total. The van der Waals surface area contributed by atoms with Crippen molar-refractivity contribution in [2.24, 2.45) is 0 Å². The summed E-state index contributed by atoms with van der Waals surface area (Å²) in [4.78, 5) is 21.3. The number of carbonyl (C=O) groups is 1. The van der Waals surface area contributed by atoms with Crippen LogP contribution in [0.2, 0.25) is 0 Å². The Morgan fingerprint density at radius 2 is 1.50 bits per heavy atom. The summed E-state index contributed by atoms with van der Waals surface area (Å²) in [5.74, 6) is 0.154. The van der Waals surface area contributed by atoms with Crippen LogP contribution in [0.25, 0.3) is 11.1 Å². The molecule has 38 heavy (non-hydrogen) atoms. The number of alkyl halides is 6. The molecular formula is C28H27F6N3O. The molecule has 0 unspecified atom stereocenters. The van der Waals surface area contributed by atoms with Gasteiger partial charge in [-0.05, 0) is 72.7 Å². The molecule has 0 atom stereocenters. The summed E-state index contributed by atoms with van der Waals surface area (Å²) < 4.78 is 79.8. The van der Waals surface area contributed by atoms with Gasteiger partial charge in [0.25, 0.3) is 5.91 Å². The molecule has 4 rings (SSSR count). The average Bonchev–Trinajstić information content (AvgIpc) is 2.87. The van der Waals surface area contributed by atoms with E-state index in [0.717, 1.165) is 54.2 Å². The highest BCUT2D eigenvalue weighted by molar-refractivity contribution is 6.01. The zero-order chi connectivity index (χ0) is 27.7. The molecule has 0 radical (unpaired) electrons. The fraction of sp³-hybridized carbons (Fsp3) is 0.357. The molecule has 10 heteroatoms. The predicted molar refractivity (Wildman–Crippen MR) is 133 cm³/mol. The molecule has 2 heterocycles. The number of rotatable bonds is 5. The second-order valence-electron chi connectivity index (χ2n) is 9.53. The fourth-order valence-electron chi connectivity index (χ4n) is 4.67. The van der Waals surface area contributed by atoms with Crippen molar-refractivity contribution in [2.45, 2.75) is 45.1 Å². The summed E-state index contributed by atoms with van der Waals surface area (Å²) in [6, 6.07) is 10.6. The summed E-state index contributed by atoms with van der Waals surface area (Å²) >= 11 is 0. The van der Waals surface area contributed by atoms with Gasteiger partial charge in [-0.15, -0.1) is 0 Å². The number of piperidine rings is 1. The molecule has 1 aliphatic heterocycles. The van der Waals surface area contributed by atoms with Crippen molar-refractivity contribution in [3.8, 4) is 11.1 Å². The summed E-state index contributed by atoms with van der Waals surface area (Å²) in [7, 11) is 1.34. The van der Waals surface area contributed by atoms with Crippen LogP contribution in [0.4, 0.5) is 32.2 Å². The number of aromatic nitrogens is 1. The van der Waals surface area contributed by atoms with E-state index in [1.807, 2.05) is 37.3 Å². The number of pyridine rings is 1.